The summed E-state index contributed by atoms with van der Waals surface area (Å²) in [7, 11) is 0. The van der Waals surface area contributed by atoms with Gasteiger partial charge >= 0.3 is 0 Å². The second-order valence-electron chi connectivity index (χ2n) is 13.5. The Balaban J connectivity index is 1.29. The van der Waals surface area contributed by atoms with E-state index in [1.54, 1.807) is 0 Å². The quantitative estimate of drug-likeness (QED) is 0.177. The van der Waals surface area contributed by atoms with Crippen LogP contribution in [0.2, 0.25) is 0 Å². The fourth-order valence-electron chi connectivity index (χ4n) is 6.84. The third-order valence-corrected chi connectivity index (χ3v) is 9.38. The van der Waals surface area contributed by atoms with Crippen LogP contribution in [0.15, 0.2) is 170 Å². The molecule has 47 heavy (non-hydrogen) atoms. The maximum absolute atomic E-state index is 2.40. The van der Waals surface area contributed by atoms with E-state index in [1.165, 1.54) is 60.1 Å². The molecule has 0 aromatic heterocycles. The fourth-order valence-corrected chi connectivity index (χ4v) is 6.84. The Morgan fingerprint density at radius 3 is 1.62 bits per heavy atom. The van der Waals surface area contributed by atoms with Crippen molar-refractivity contribution in [1.82, 2.24) is 0 Å². The molecule has 8 rings (SSSR count). The highest BCUT2D eigenvalue weighted by Gasteiger charge is 2.18. The summed E-state index contributed by atoms with van der Waals surface area (Å²) < 4.78 is 0. The molecule has 0 atom stereocenters. The van der Waals surface area contributed by atoms with Gasteiger partial charge in [0.05, 0.1) is 0 Å². The molecule has 0 bridgehead atoms. The minimum atomic E-state index is 0.0810. The van der Waals surface area contributed by atoms with Crippen LogP contribution >= 0.6 is 0 Å². The lowest BCUT2D eigenvalue weighted by Crippen LogP contribution is -2.13. The van der Waals surface area contributed by atoms with E-state index in [4.69, 9.17) is 0 Å². The summed E-state index contributed by atoms with van der Waals surface area (Å²) in [4.78, 5) is 2.40. The topological polar surface area (TPSA) is 3.24 Å². The molecule has 0 saturated carbocycles. The Bertz CT molecular complexity index is 2380. The van der Waals surface area contributed by atoms with E-state index in [2.05, 4.69) is 196 Å². The molecule has 0 spiro atoms. The van der Waals surface area contributed by atoms with Gasteiger partial charge in [-0.15, -0.1) is 0 Å². The van der Waals surface area contributed by atoms with Gasteiger partial charge < -0.3 is 4.90 Å². The lowest BCUT2D eigenvalue weighted by Gasteiger charge is -2.28. The van der Waals surface area contributed by atoms with Gasteiger partial charge in [0.15, 0.2) is 0 Å². The maximum Gasteiger partial charge on any atom is 0.0468 e. The summed E-state index contributed by atoms with van der Waals surface area (Å²) in [6.45, 7) is 6.81. The standard InChI is InChI=1S/C46H37N/c1-46(2,3)38-22-25-39(26-23-38)47(40-17-10-16-37(30-40)36-15-9-14-35(29-36)32-11-5-4-6-12-32)41-24-19-34-21-27-43-42-18-8-7-13-33(42)20-28-44(43)45(34)31-41/h4-31H,1-3H3. The normalized spacial score (nSPS) is 11.7. The molecular weight excluding hydrogens is 567 g/mol. The number of hydrogen-bond donors (Lipinski definition) is 0. The number of nitrogens with zero attached hydrogens (tertiary/aromatic N) is 1. The minimum absolute atomic E-state index is 0.0810. The van der Waals surface area contributed by atoms with Gasteiger partial charge in [-0.2, -0.15) is 0 Å². The molecule has 0 heterocycles. The Morgan fingerprint density at radius 1 is 0.340 bits per heavy atom. The van der Waals surface area contributed by atoms with E-state index in [0.29, 0.717) is 0 Å². The van der Waals surface area contributed by atoms with Crippen molar-refractivity contribution in [2.24, 2.45) is 0 Å². The average Bonchev–Trinajstić information content (AvgIpc) is 3.12. The smallest absolute Gasteiger partial charge is 0.0468 e. The first-order valence-electron chi connectivity index (χ1n) is 16.4. The molecule has 0 aliphatic heterocycles. The van der Waals surface area contributed by atoms with Crippen LogP contribution in [0, 0.1) is 0 Å². The zero-order valence-corrected chi connectivity index (χ0v) is 27.1. The molecule has 0 aliphatic rings. The predicted molar refractivity (Wildman–Crippen MR) is 203 cm³/mol. The zero-order chi connectivity index (χ0) is 32.0. The van der Waals surface area contributed by atoms with E-state index < -0.39 is 0 Å². The number of anilines is 3. The van der Waals surface area contributed by atoms with E-state index >= 15 is 0 Å². The van der Waals surface area contributed by atoms with Crippen LogP contribution in [-0.4, -0.2) is 0 Å². The molecule has 226 valence electrons. The molecule has 0 saturated heterocycles. The Labute approximate surface area is 277 Å². The minimum Gasteiger partial charge on any atom is -0.310 e. The monoisotopic (exact) mass is 603 g/mol. The third kappa shape index (κ3) is 5.45. The van der Waals surface area contributed by atoms with Crippen molar-refractivity contribution >= 4 is 49.4 Å². The van der Waals surface area contributed by atoms with Gasteiger partial charge in [-0.3, -0.25) is 0 Å². The number of rotatable bonds is 5. The zero-order valence-electron chi connectivity index (χ0n) is 27.1. The van der Waals surface area contributed by atoms with Gasteiger partial charge in [0.25, 0.3) is 0 Å². The molecule has 8 aromatic rings. The molecule has 8 aromatic carbocycles. The van der Waals surface area contributed by atoms with Crippen molar-refractivity contribution in [3.63, 3.8) is 0 Å². The fraction of sp³-hybridized carbons (Fsp3) is 0.0870. The molecule has 1 heteroatoms. The molecule has 1 nitrogen and oxygen atoms in total. The highest BCUT2D eigenvalue weighted by molar-refractivity contribution is 6.17. The summed E-state index contributed by atoms with van der Waals surface area (Å²) in [6.07, 6.45) is 0. The molecule has 0 fully saturated rings. The molecule has 0 aliphatic carbocycles. The number of fused-ring (bicyclic) bond motifs is 5. The van der Waals surface area contributed by atoms with Crippen LogP contribution in [0.4, 0.5) is 17.1 Å². The SMILES string of the molecule is CC(C)(C)c1ccc(N(c2cccc(-c3cccc(-c4ccccc4)c3)c2)c2ccc3ccc4c5ccccc5ccc4c3c2)cc1. The van der Waals surface area contributed by atoms with Crippen LogP contribution in [0.3, 0.4) is 0 Å². The highest BCUT2D eigenvalue weighted by Crippen LogP contribution is 2.41. The van der Waals surface area contributed by atoms with Crippen LogP contribution < -0.4 is 4.90 Å². The summed E-state index contributed by atoms with van der Waals surface area (Å²) in [5.74, 6) is 0. The lowest BCUT2D eigenvalue weighted by molar-refractivity contribution is 0.590. The first kappa shape index (κ1) is 28.8. The summed E-state index contributed by atoms with van der Waals surface area (Å²) in [6, 6.07) is 62.1. The summed E-state index contributed by atoms with van der Waals surface area (Å²) in [5.41, 5.74) is 9.64. The number of benzene rings is 8. The van der Waals surface area contributed by atoms with Crippen LogP contribution in [-0.2, 0) is 5.41 Å². The van der Waals surface area contributed by atoms with Crippen molar-refractivity contribution in [1.29, 1.82) is 0 Å². The van der Waals surface area contributed by atoms with Gasteiger partial charge in [0, 0.05) is 17.1 Å². The molecule has 0 unspecified atom stereocenters. The van der Waals surface area contributed by atoms with Gasteiger partial charge in [0.1, 0.15) is 0 Å². The van der Waals surface area contributed by atoms with Gasteiger partial charge in [-0.1, -0.05) is 148 Å². The van der Waals surface area contributed by atoms with Crippen LogP contribution in [0.5, 0.6) is 0 Å². The van der Waals surface area contributed by atoms with Crippen molar-refractivity contribution < 1.29 is 0 Å². The Hall–Kier alpha value is -5.66. The average molecular weight is 604 g/mol. The largest absolute Gasteiger partial charge is 0.310 e. The van der Waals surface area contributed by atoms with Crippen molar-refractivity contribution in [2.45, 2.75) is 26.2 Å². The summed E-state index contributed by atoms with van der Waals surface area (Å²) in [5, 5.41) is 7.62. The molecule has 0 amide bonds. The van der Waals surface area contributed by atoms with Crippen molar-refractivity contribution in [3.05, 3.63) is 175 Å². The van der Waals surface area contributed by atoms with Gasteiger partial charge in [-0.05, 0) is 108 Å². The van der Waals surface area contributed by atoms with E-state index in [-0.39, 0.29) is 5.41 Å². The lowest BCUT2D eigenvalue weighted by atomic mass is 9.87. The van der Waals surface area contributed by atoms with Gasteiger partial charge in [-0.25, -0.2) is 0 Å². The van der Waals surface area contributed by atoms with Crippen LogP contribution in [0.25, 0.3) is 54.6 Å². The molecule has 0 N–H and O–H groups in total. The Kier molecular flexibility index (Phi) is 7.11. The third-order valence-electron chi connectivity index (χ3n) is 9.38. The van der Waals surface area contributed by atoms with Crippen LogP contribution in [0.1, 0.15) is 26.3 Å². The molecular formula is C46H37N. The second-order valence-corrected chi connectivity index (χ2v) is 13.5. The van der Waals surface area contributed by atoms with Crippen molar-refractivity contribution in [3.8, 4) is 22.3 Å². The van der Waals surface area contributed by atoms with Crippen molar-refractivity contribution in [2.75, 3.05) is 4.90 Å². The number of hydrogen-bond acceptors (Lipinski definition) is 1. The predicted octanol–water partition coefficient (Wildman–Crippen LogP) is 13.2. The highest BCUT2D eigenvalue weighted by atomic mass is 15.1. The first-order chi connectivity index (χ1) is 22.9. The van der Waals surface area contributed by atoms with E-state index in [9.17, 15) is 0 Å². The van der Waals surface area contributed by atoms with E-state index in [0.717, 1.165) is 17.1 Å². The summed E-state index contributed by atoms with van der Waals surface area (Å²) >= 11 is 0. The maximum atomic E-state index is 2.40. The van der Waals surface area contributed by atoms with Gasteiger partial charge in [0.2, 0.25) is 0 Å². The second kappa shape index (κ2) is 11.6. The molecule has 0 radical (unpaired) electrons. The first-order valence-corrected chi connectivity index (χ1v) is 16.4. The Morgan fingerprint density at radius 2 is 0.872 bits per heavy atom. The van der Waals surface area contributed by atoms with E-state index in [1.807, 2.05) is 0 Å².